The Balaban J connectivity index is 1.19. The van der Waals surface area contributed by atoms with Gasteiger partial charge in [0, 0.05) is 76.7 Å². The van der Waals surface area contributed by atoms with Gasteiger partial charge in [-0.2, -0.15) is 0 Å². The molecule has 0 spiro atoms. The number of ether oxygens (including phenoxy) is 1. The van der Waals surface area contributed by atoms with Crippen molar-refractivity contribution in [2.45, 2.75) is 13.1 Å². The molecule has 2 fully saturated rings. The number of aromatic hydroxyl groups is 1. The number of anilines is 2. The average molecular weight is 491 g/mol. The van der Waals surface area contributed by atoms with Crippen LogP contribution in [0.25, 0.3) is 0 Å². The van der Waals surface area contributed by atoms with E-state index in [0.29, 0.717) is 24.2 Å². The number of benzene rings is 2. The minimum Gasteiger partial charge on any atom is -0.507 e. The SMILES string of the molecule is COc1ccccc1N1CCN(Cc2coc(=O)c(CN3CCN(c4ccccc4)CC3)c2O)CC1. The summed E-state index contributed by atoms with van der Waals surface area (Å²) in [6, 6.07) is 18.4. The summed E-state index contributed by atoms with van der Waals surface area (Å²) in [5.74, 6) is 0.951. The fourth-order valence-electron chi connectivity index (χ4n) is 5.10. The van der Waals surface area contributed by atoms with Crippen LogP contribution in [0.2, 0.25) is 0 Å². The highest BCUT2D eigenvalue weighted by Gasteiger charge is 2.24. The summed E-state index contributed by atoms with van der Waals surface area (Å²) in [4.78, 5) is 21.7. The van der Waals surface area contributed by atoms with Gasteiger partial charge < -0.3 is 24.1 Å². The van der Waals surface area contributed by atoms with Gasteiger partial charge in [-0.1, -0.05) is 30.3 Å². The zero-order chi connectivity index (χ0) is 24.9. The third-order valence-electron chi connectivity index (χ3n) is 7.21. The van der Waals surface area contributed by atoms with E-state index in [0.717, 1.165) is 63.8 Å². The van der Waals surface area contributed by atoms with Crippen LogP contribution in [0.1, 0.15) is 11.1 Å². The van der Waals surface area contributed by atoms with Crippen LogP contribution >= 0.6 is 0 Å². The number of nitrogens with zero attached hydrogens (tertiary/aromatic N) is 4. The van der Waals surface area contributed by atoms with E-state index >= 15 is 0 Å². The van der Waals surface area contributed by atoms with Crippen LogP contribution in [0.5, 0.6) is 11.5 Å². The fourth-order valence-corrected chi connectivity index (χ4v) is 5.10. The van der Waals surface area contributed by atoms with Crippen molar-refractivity contribution in [1.82, 2.24) is 9.80 Å². The topological polar surface area (TPSA) is 72.6 Å². The molecule has 0 radical (unpaired) electrons. The van der Waals surface area contributed by atoms with E-state index in [1.54, 1.807) is 7.11 Å². The van der Waals surface area contributed by atoms with E-state index in [4.69, 9.17) is 9.15 Å². The molecule has 190 valence electrons. The molecule has 2 aliphatic rings. The van der Waals surface area contributed by atoms with E-state index in [1.807, 2.05) is 24.3 Å². The maximum absolute atomic E-state index is 12.5. The van der Waals surface area contributed by atoms with Crippen molar-refractivity contribution in [2.75, 3.05) is 69.3 Å². The van der Waals surface area contributed by atoms with Gasteiger partial charge in [0.05, 0.1) is 18.4 Å². The highest BCUT2D eigenvalue weighted by molar-refractivity contribution is 5.58. The molecule has 3 heterocycles. The van der Waals surface area contributed by atoms with Gasteiger partial charge in [0.1, 0.15) is 17.8 Å². The molecule has 0 aliphatic carbocycles. The summed E-state index contributed by atoms with van der Waals surface area (Å²) in [5, 5.41) is 11.0. The first-order chi connectivity index (χ1) is 17.6. The standard InChI is InChI=1S/C28H34N4O4/c1-35-26-10-6-5-9-25(26)32-17-13-29(14-18-32)19-22-21-36-28(34)24(27(22)33)20-30-11-15-31(16-12-30)23-7-3-2-4-8-23/h2-10,21,33H,11-20H2,1H3. The monoisotopic (exact) mass is 490 g/mol. The lowest BCUT2D eigenvalue weighted by Gasteiger charge is -2.37. The Bertz CT molecular complexity index is 1200. The highest BCUT2D eigenvalue weighted by Crippen LogP contribution is 2.29. The Hall–Kier alpha value is -3.49. The largest absolute Gasteiger partial charge is 0.507 e. The van der Waals surface area contributed by atoms with Crippen LogP contribution in [0.4, 0.5) is 11.4 Å². The molecule has 5 rings (SSSR count). The molecule has 2 aliphatic heterocycles. The molecule has 8 nitrogen and oxygen atoms in total. The van der Waals surface area contributed by atoms with Gasteiger partial charge in [0.25, 0.3) is 0 Å². The number of methoxy groups -OCH3 is 1. The van der Waals surface area contributed by atoms with Crippen LogP contribution in [0, 0.1) is 0 Å². The minimum absolute atomic E-state index is 0.0731. The highest BCUT2D eigenvalue weighted by atomic mass is 16.5. The van der Waals surface area contributed by atoms with Gasteiger partial charge in [-0.05, 0) is 24.3 Å². The number of piperazine rings is 2. The zero-order valence-electron chi connectivity index (χ0n) is 20.8. The van der Waals surface area contributed by atoms with Crippen molar-refractivity contribution in [3.8, 4) is 11.5 Å². The summed E-state index contributed by atoms with van der Waals surface area (Å²) in [6.45, 7) is 7.74. The molecular weight excluding hydrogens is 456 g/mol. The van der Waals surface area contributed by atoms with Crippen molar-refractivity contribution in [1.29, 1.82) is 0 Å². The second kappa shape index (κ2) is 11.1. The van der Waals surface area contributed by atoms with Crippen LogP contribution in [-0.2, 0) is 13.1 Å². The lowest BCUT2D eigenvalue weighted by atomic mass is 10.1. The van der Waals surface area contributed by atoms with Gasteiger partial charge in [0.2, 0.25) is 0 Å². The first-order valence-electron chi connectivity index (χ1n) is 12.6. The van der Waals surface area contributed by atoms with Gasteiger partial charge in [-0.15, -0.1) is 0 Å². The van der Waals surface area contributed by atoms with E-state index in [2.05, 4.69) is 49.9 Å². The van der Waals surface area contributed by atoms with Crippen molar-refractivity contribution in [3.63, 3.8) is 0 Å². The van der Waals surface area contributed by atoms with Crippen LogP contribution in [0.15, 0.2) is 70.1 Å². The minimum atomic E-state index is -0.456. The van der Waals surface area contributed by atoms with E-state index in [9.17, 15) is 9.90 Å². The molecule has 0 atom stereocenters. The molecular formula is C28H34N4O4. The number of hydrogen-bond donors (Lipinski definition) is 1. The number of para-hydroxylation sites is 3. The van der Waals surface area contributed by atoms with Crippen LogP contribution in [0.3, 0.4) is 0 Å². The molecule has 2 aromatic carbocycles. The van der Waals surface area contributed by atoms with Crippen molar-refractivity contribution in [3.05, 3.63) is 82.4 Å². The van der Waals surface area contributed by atoms with Gasteiger partial charge in [0.15, 0.2) is 0 Å². The Kier molecular flexibility index (Phi) is 7.44. The first kappa shape index (κ1) is 24.2. The van der Waals surface area contributed by atoms with Gasteiger partial charge in [-0.3, -0.25) is 9.80 Å². The lowest BCUT2D eigenvalue weighted by molar-refractivity contribution is 0.233. The normalized spacial score (nSPS) is 17.4. The third kappa shape index (κ3) is 5.34. The summed E-state index contributed by atoms with van der Waals surface area (Å²) in [6.07, 6.45) is 1.42. The number of hydrogen-bond acceptors (Lipinski definition) is 8. The molecule has 0 amide bonds. The fraction of sp³-hybridized carbons (Fsp3) is 0.393. The molecule has 36 heavy (non-hydrogen) atoms. The van der Waals surface area contributed by atoms with Crippen molar-refractivity contribution < 1.29 is 14.3 Å². The first-order valence-corrected chi connectivity index (χ1v) is 12.6. The summed E-state index contributed by atoms with van der Waals surface area (Å²) in [5.41, 5.74) is 2.88. The van der Waals surface area contributed by atoms with Crippen molar-refractivity contribution >= 4 is 11.4 Å². The predicted octanol–water partition coefficient (Wildman–Crippen LogP) is 3.00. The Morgan fingerprint density at radius 1 is 0.806 bits per heavy atom. The zero-order valence-corrected chi connectivity index (χ0v) is 20.8. The Labute approximate surface area is 211 Å². The van der Waals surface area contributed by atoms with E-state index < -0.39 is 5.63 Å². The van der Waals surface area contributed by atoms with Crippen molar-refractivity contribution in [2.24, 2.45) is 0 Å². The molecule has 3 aromatic rings. The lowest BCUT2D eigenvalue weighted by Crippen LogP contribution is -2.46. The van der Waals surface area contributed by atoms with E-state index in [1.165, 1.54) is 12.0 Å². The summed E-state index contributed by atoms with van der Waals surface area (Å²) in [7, 11) is 1.70. The Morgan fingerprint density at radius 2 is 1.42 bits per heavy atom. The maximum atomic E-state index is 12.5. The Morgan fingerprint density at radius 3 is 2.11 bits per heavy atom. The molecule has 0 bridgehead atoms. The second-order valence-electron chi connectivity index (χ2n) is 9.41. The van der Waals surface area contributed by atoms with Crippen LogP contribution < -0.4 is 20.2 Å². The smallest absolute Gasteiger partial charge is 0.343 e. The molecule has 0 unspecified atom stereocenters. The van der Waals surface area contributed by atoms with Crippen LogP contribution in [-0.4, -0.2) is 74.4 Å². The quantitative estimate of drug-likeness (QED) is 0.542. The van der Waals surface area contributed by atoms with Gasteiger partial charge >= 0.3 is 5.63 Å². The molecule has 1 N–H and O–H groups in total. The average Bonchev–Trinajstić information content (AvgIpc) is 2.94. The van der Waals surface area contributed by atoms with Gasteiger partial charge in [-0.25, -0.2) is 4.79 Å². The third-order valence-corrected chi connectivity index (χ3v) is 7.21. The molecule has 2 saturated heterocycles. The molecule has 8 heteroatoms. The summed E-state index contributed by atoms with van der Waals surface area (Å²) < 4.78 is 10.9. The molecule has 0 saturated carbocycles. The molecule has 1 aromatic heterocycles. The maximum Gasteiger partial charge on any atom is 0.343 e. The number of rotatable bonds is 7. The second-order valence-corrected chi connectivity index (χ2v) is 9.41. The summed E-state index contributed by atoms with van der Waals surface area (Å²) >= 11 is 0. The van der Waals surface area contributed by atoms with E-state index in [-0.39, 0.29) is 5.75 Å². The predicted molar refractivity (Wildman–Crippen MR) is 141 cm³/mol.